The normalized spacial score (nSPS) is 14.2. The molecule has 0 heterocycles. The monoisotopic (exact) mass is 1900 g/mol. The lowest BCUT2D eigenvalue weighted by Crippen LogP contribution is -2.30. The number of phosphoric acid groups is 2. The van der Waals surface area contributed by atoms with Gasteiger partial charge in [-0.25, -0.2) is 9.13 Å². The maximum Gasteiger partial charge on any atom is 0.472 e. The topological polar surface area (TPSA) is 231 Å². The molecule has 18 heteroatoms. The molecule has 0 aromatic rings. The zero-order valence-corrected chi connectivity index (χ0v) is 86.9. The van der Waals surface area contributed by atoms with E-state index in [1.807, 2.05) is 0 Å². The van der Waals surface area contributed by atoms with Gasteiger partial charge in [-0.2, -0.15) is 0 Å². The molecule has 5 unspecified atom stereocenters. The third-order valence-corrected chi connectivity index (χ3v) is 25.3. The Bertz CT molecular complexity index is 3100. The van der Waals surface area contributed by atoms with Crippen LogP contribution in [0.15, 0.2) is 170 Å². The third-order valence-electron chi connectivity index (χ3n) is 23.4. The molecule has 0 saturated heterocycles. The number of unbranched alkanes of at least 4 members (excludes halogenated alkanes) is 52. The zero-order chi connectivity index (χ0) is 96.4. The molecule has 4 N–H and O–H groups in total. The van der Waals surface area contributed by atoms with E-state index in [0.717, 1.165) is 148 Å². The van der Waals surface area contributed by atoms with Crippen LogP contribution in [0.25, 0.3) is 0 Å². The summed E-state index contributed by atoms with van der Waals surface area (Å²) < 4.78 is 61.8. The molecule has 0 radical (unpaired) electrons. The Balaban J connectivity index is 4.60. The van der Waals surface area contributed by atoms with Crippen molar-refractivity contribution in [1.29, 1.82) is 0 Å². The second kappa shape index (κ2) is 106. The van der Waals surface area contributed by atoms with Crippen LogP contribution in [0.5, 0.6) is 0 Å². The summed E-state index contributed by atoms with van der Waals surface area (Å²) in [4.78, 5) is 59.3. The molecule has 0 spiro atoms. The largest absolute Gasteiger partial charge is 0.472 e. The number of carbonyl (C=O) groups excluding carboxylic acids is 3. The van der Waals surface area contributed by atoms with Crippen LogP contribution in [0, 0.1) is 0 Å². The fourth-order valence-corrected chi connectivity index (χ4v) is 16.8. The lowest BCUT2D eigenvalue weighted by molar-refractivity contribution is -0.161. The van der Waals surface area contributed by atoms with Crippen LogP contribution in [0.4, 0.5) is 0 Å². The fraction of sp³-hybridized carbons (Fsp3) is 0.730. The molecule has 0 rings (SSSR count). The van der Waals surface area contributed by atoms with E-state index in [1.54, 1.807) is 0 Å². The van der Waals surface area contributed by atoms with Crippen molar-refractivity contribution in [2.75, 3.05) is 39.6 Å². The molecular formula is C115H200O16P2. The SMILES string of the molecule is CC/C=C\C/C=C\C/C=C\C/C=C\C/C=C\CCCCCCCCCCCCCCCCCCCC(=O)OCC(O)COP(=O)(O)OCC(O)COP(=O)(O)OCC(COC(=O)CCCCCCCCCCCCCCCCCCC/C=C\C/C=C\C/C=C\C/C=C\C/C=C\CC)OC(=O)CCCCCCCCCCCCCCCCC/C=C\C/C=C\C/C=C\C/C=C\CCCCC. The number of phosphoric ester groups is 2. The first-order valence-corrected chi connectivity index (χ1v) is 57.4. The smallest absolute Gasteiger partial charge is 0.463 e. The van der Waals surface area contributed by atoms with E-state index in [9.17, 15) is 43.5 Å². The van der Waals surface area contributed by atoms with E-state index in [-0.39, 0.29) is 19.3 Å². The quantitative estimate of drug-likeness (QED) is 0.0146. The first kappa shape index (κ1) is 128. The Morgan fingerprint density at radius 2 is 0.398 bits per heavy atom. The van der Waals surface area contributed by atoms with Crippen LogP contribution >= 0.6 is 15.6 Å². The Labute approximate surface area is 815 Å². The van der Waals surface area contributed by atoms with Crippen molar-refractivity contribution in [3.05, 3.63) is 170 Å². The number of hydrogen-bond acceptors (Lipinski definition) is 14. The lowest BCUT2D eigenvalue weighted by atomic mass is 10.0. The standard InChI is InChI=1S/C115H200O16P2/c1-4-7-10-13-16-19-22-25-28-31-34-37-40-43-46-49-52-54-57-59-62-65-68-71-74-77-80-83-86-89-92-95-98-101-113(118)125-104-110(116)105-127-132(121,122)128-106-111(117)107-129-133(123,124)130-109-112(131-115(120)103-100-97-94-91-88-85-82-79-76-73-70-67-64-61-56-51-48-45-42-39-36-33-30-27-24-21-18-15-12-9-6-3)108-126-114(119)102-99-96-93-90-87-84-81-78-75-72-69-66-63-60-58-55-53-50-47-44-41-38-35-32-29-26-23-20-17-14-11-8-5-2/h7-8,10-11,16-21,25-30,34-39,43-48,110-112,116-117H,4-6,9,12-15,22-24,31-33,40-42,49-109H2,1-3H3,(H,121,122)(H,123,124)/b10-7-,11-8-,19-16-,20-17-,21-18-,28-25-,29-26-,30-27-,37-34-,38-35-,39-36-,46-43-,47-44-,48-45-. The Hall–Kier alpha value is -5.09. The highest BCUT2D eigenvalue weighted by molar-refractivity contribution is 7.47. The van der Waals surface area contributed by atoms with Crippen LogP contribution in [-0.2, 0) is 55.8 Å². The van der Waals surface area contributed by atoms with Gasteiger partial charge in [0.05, 0.1) is 26.4 Å². The zero-order valence-electron chi connectivity index (χ0n) is 85.1. The summed E-state index contributed by atoms with van der Waals surface area (Å²) in [5.74, 6) is -1.55. The summed E-state index contributed by atoms with van der Waals surface area (Å²) in [6.07, 6.45) is 140. The third kappa shape index (κ3) is 107. The van der Waals surface area contributed by atoms with E-state index in [0.29, 0.717) is 19.3 Å². The molecule has 16 nitrogen and oxygen atoms in total. The predicted octanol–water partition coefficient (Wildman–Crippen LogP) is 34.9. The number of rotatable bonds is 103. The summed E-state index contributed by atoms with van der Waals surface area (Å²) >= 11 is 0. The summed E-state index contributed by atoms with van der Waals surface area (Å²) in [5, 5.41) is 20.8. The van der Waals surface area contributed by atoms with Gasteiger partial charge in [0.15, 0.2) is 6.10 Å². The number of hydrogen-bond donors (Lipinski definition) is 4. The van der Waals surface area contributed by atoms with Gasteiger partial charge < -0.3 is 34.2 Å². The van der Waals surface area contributed by atoms with Crippen molar-refractivity contribution in [2.45, 2.75) is 501 Å². The highest BCUT2D eigenvalue weighted by atomic mass is 31.2. The van der Waals surface area contributed by atoms with Crippen molar-refractivity contribution in [2.24, 2.45) is 0 Å². The maximum absolute atomic E-state index is 13.2. The van der Waals surface area contributed by atoms with Crippen molar-refractivity contribution in [3.8, 4) is 0 Å². The van der Waals surface area contributed by atoms with Gasteiger partial charge in [0.25, 0.3) is 0 Å². The Morgan fingerprint density at radius 1 is 0.218 bits per heavy atom. The van der Waals surface area contributed by atoms with Gasteiger partial charge in [-0.05, 0) is 154 Å². The number of aliphatic hydroxyl groups is 2. The molecule has 133 heavy (non-hydrogen) atoms. The molecule has 0 aliphatic heterocycles. The molecule has 0 bridgehead atoms. The molecule has 0 aliphatic rings. The van der Waals surface area contributed by atoms with Gasteiger partial charge in [0.1, 0.15) is 25.4 Å². The number of ether oxygens (including phenoxy) is 3. The van der Waals surface area contributed by atoms with Gasteiger partial charge in [-0.1, -0.05) is 480 Å². The average Bonchev–Trinajstić information content (AvgIpc) is 0.896. The van der Waals surface area contributed by atoms with E-state index in [1.165, 1.54) is 276 Å². The fourth-order valence-electron chi connectivity index (χ4n) is 15.3. The van der Waals surface area contributed by atoms with E-state index < -0.39 is 91.5 Å². The van der Waals surface area contributed by atoms with Crippen molar-refractivity contribution < 1.29 is 75.8 Å². The van der Waals surface area contributed by atoms with Gasteiger partial charge in [0, 0.05) is 19.3 Å². The lowest BCUT2D eigenvalue weighted by Gasteiger charge is -2.21. The van der Waals surface area contributed by atoms with Gasteiger partial charge in [0.2, 0.25) is 0 Å². The minimum absolute atomic E-state index is 0.104. The minimum atomic E-state index is -4.95. The van der Waals surface area contributed by atoms with Gasteiger partial charge >= 0.3 is 33.6 Å². The maximum atomic E-state index is 13.2. The second-order valence-corrected chi connectivity index (χ2v) is 39.3. The molecular weight excluding hydrogens is 1700 g/mol. The summed E-state index contributed by atoms with van der Waals surface area (Å²) in [5.41, 5.74) is 0. The van der Waals surface area contributed by atoms with E-state index >= 15 is 0 Å². The number of aliphatic hydroxyl groups excluding tert-OH is 2. The Morgan fingerprint density at radius 3 is 0.632 bits per heavy atom. The molecule has 0 saturated carbocycles. The molecule has 0 aliphatic carbocycles. The second-order valence-electron chi connectivity index (χ2n) is 36.4. The molecule has 5 atom stereocenters. The number of carbonyl (C=O) groups is 3. The molecule has 766 valence electrons. The first-order chi connectivity index (χ1) is 65.2. The molecule has 0 fully saturated rings. The molecule has 0 aromatic carbocycles. The Kier molecular flexibility index (Phi) is 102. The average molecular weight is 1900 g/mol. The van der Waals surface area contributed by atoms with Gasteiger partial charge in [-0.15, -0.1) is 0 Å². The highest BCUT2D eigenvalue weighted by Crippen LogP contribution is 2.45. The van der Waals surface area contributed by atoms with E-state index in [4.69, 9.17) is 32.3 Å². The highest BCUT2D eigenvalue weighted by Gasteiger charge is 2.30. The number of allylic oxidation sites excluding steroid dienone is 28. The minimum Gasteiger partial charge on any atom is -0.463 e. The van der Waals surface area contributed by atoms with Crippen LogP contribution in [0.3, 0.4) is 0 Å². The van der Waals surface area contributed by atoms with Gasteiger partial charge in [-0.3, -0.25) is 32.5 Å². The molecule has 0 aromatic heterocycles. The number of esters is 3. The van der Waals surface area contributed by atoms with Crippen molar-refractivity contribution in [1.82, 2.24) is 0 Å². The van der Waals surface area contributed by atoms with Crippen molar-refractivity contribution >= 4 is 33.6 Å². The van der Waals surface area contributed by atoms with Crippen molar-refractivity contribution in [3.63, 3.8) is 0 Å². The summed E-state index contributed by atoms with van der Waals surface area (Å²) in [6, 6.07) is 0. The van der Waals surface area contributed by atoms with Crippen LogP contribution < -0.4 is 0 Å². The van der Waals surface area contributed by atoms with Crippen LogP contribution in [0.2, 0.25) is 0 Å². The summed E-state index contributed by atoms with van der Waals surface area (Å²) in [7, 11) is -9.82. The predicted molar refractivity (Wildman–Crippen MR) is 565 cm³/mol. The first-order valence-electron chi connectivity index (χ1n) is 54.4. The van der Waals surface area contributed by atoms with Crippen LogP contribution in [0.1, 0.15) is 483 Å². The summed E-state index contributed by atoms with van der Waals surface area (Å²) in [6.45, 7) is 2.53. The van der Waals surface area contributed by atoms with Crippen LogP contribution in [-0.4, -0.2) is 95.9 Å². The molecule has 0 amide bonds. The van der Waals surface area contributed by atoms with E-state index in [2.05, 4.69) is 191 Å².